The molecule has 0 amide bonds. The van der Waals surface area contributed by atoms with Crippen LogP contribution in [0.3, 0.4) is 0 Å². The smallest absolute Gasteiger partial charge is 0.313 e. The molecule has 5 nitrogen and oxygen atoms in total. The monoisotopic (exact) mass is 296 g/mol. The molecule has 2 heterocycles. The van der Waals surface area contributed by atoms with Crippen LogP contribution in [-0.4, -0.2) is 37.6 Å². The minimum absolute atomic E-state index is 0.0412. The van der Waals surface area contributed by atoms with Gasteiger partial charge >= 0.3 is 5.97 Å². The van der Waals surface area contributed by atoms with E-state index in [2.05, 4.69) is 0 Å². The Morgan fingerprint density at radius 3 is 2.75 bits per heavy atom. The molecule has 2 aliphatic rings. The Hall–Kier alpha value is -1.56. The highest BCUT2D eigenvalue weighted by Gasteiger charge is 2.52. The van der Waals surface area contributed by atoms with E-state index in [0.717, 1.165) is 5.56 Å². The van der Waals surface area contributed by atoms with Gasteiger partial charge < -0.3 is 9.84 Å². The van der Waals surface area contributed by atoms with E-state index in [1.165, 1.54) is 0 Å². The lowest BCUT2D eigenvalue weighted by molar-refractivity contribution is -0.155. The first-order chi connectivity index (χ1) is 9.43. The van der Waals surface area contributed by atoms with E-state index in [4.69, 9.17) is 4.74 Å². The van der Waals surface area contributed by atoms with Crippen molar-refractivity contribution in [3.05, 3.63) is 29.8 Å². The van der Waals surface area contributed by atoms with Gasteiger partial charge in [0.2, 0.25) is 0 Å². The van der Waals surface area contributed by atoms with E-state index >= 15 is 0 Å². The second-order valence-corrected chi connectivity index (χ2v) is 7.86. The molecule has 0 saturated carbocycles. The van der Waals surface area contributed by atoms with Gasteiger partial charge in [-0.25, -0.2) is 8.42 Å². The standard InChI is InChI=1S/C14H16O5S/c15-13(16)14(11-5-6-20(17,18)8-11)7-10-3-1-2-4-12(10)19-9-14/h1-4,11H,5-9H2,(H,15,16). The van der Waals surface area contributed by atoms with E-state index in [9.17, 15) is 18.3 Å². The van der Waals surface area contributed by atoms with Crippen LogP contribution in [0.15, 0.2) is 24.3 Å². The molecule has 0 bridgehead atoms. The first kappa shape index (κ1) is 13.4. The number of carbonyl (C=O) groups is 1. The molecule has 20 heavy (non-hydrogen) atoms. The third-order valence-corrected chi connectivity index (χ3v) is 6.17. The molecule has 1 N–H and O–H groups in total. The van der Waals surface area contributed by atoms with Crippen LogP contribution in [0.5, 0.6) is 5.75 Å². The molecule has 6 heteroatoms. The van der Waals surface area contributed by atoms with Crippen molar-refractivity contribution >= 4 is 15.8 Å². The van der Waals surface area contributed by atoms with Crippen LogP contribution >= 0.6 is 0 Å². The van der Waals surface area contributed by atoms with Crippen molar-refractivity contribution in [2.75, 3.05) is 18.1 Å². The number of rotatable bonds is 2. The molecule has 0 radical (unpaired) electrons. The second-order valence-electron chi connectivity index (χ2n) is 5.63. The minimum atomic E-state index is -3.11. The van der Waals surface area contributed by atoms with Gasteiger partial charge in [0.25, 0.3) is 0 Å². The van der Waals surface area contributed by atoms with Crippen molar-refractivity contribution in [2.24, 2.45) is 11.3 Å². The molecule has 2 aliphatic heterocycles. The number of ether oxygens (including phenoxy) is 1. The Morgan fingerprint density at radius 2 is 2.10 bits per heavy atom. The van der Waals surface area contributed by atoms with Gasteiger partial charge in [-0.05, 0) is 30.4 Å². The number of aliphatic carboxylic acids is 1. The van der Waals surface area contributed by atoms with Crippen LogP contribution in [0, 0.1) is 11.3 Å². The first-order valence-electron chi connectivity index (χ1n) is 6.57. The Kier molecular flexibility index (Phi) is 3.01. The van der Waals surface area contributed by atoms with Gasteiger partial charge in [0.05, 0.1) is 11.5 Å². The van der Waals surface area contributed by atoms with E-state index in [-0.39, 0.29) is 24.0 Å². The van der Waals surface area contributed by atoms with Crippen molar-refractivity contribution < 1.29 is 23.1 Å². The summed E-state index contributed by atoms with van der Waals surface area (Å²) in [7, 11) is -3.11. The molecule has 2 atom stereocenters. The molecule has 1 aromatic rings. The first-order valence-corrected chi connectivity index (χ1v) is 8.40. The summed E-state index contributed by atoms with van der Waals surface area (Å²) < 4.78 is 28.9. The Morgan fingerprint density at radius 1 is 1.35 bits per heavy atom. The minimum Gasteiger partial charge on any atom is -0.492 e. The zero-order valence-electron chi connectivity index (χ0n) is 10.9. The summed E-state index contributed by atoms with van der Waals surface area (Å²) in [6.45, 7) is 0.0412. The Balaban J connectivity index is 1.98. The maximum absolute atomic E-state index is 11.8. The van der Waals surface area contributed by atoms with Crippen LogP contribution in [0.1, 0.15) is 12.0 Å². The Bertz CT molecular complexity index is 651. The lowest BCUT2D eigenvalue weighted by Gasteiger charge is -2.38. The zero-order valence-corrected chi connectivity index (χ0v) is 11.7. The third-order valence-electron chi connectivity index (χ3n) is 4.40. The number of benzene rings is 1. The fraction of sp³-hybridized carbons (Fsp3) is 0.500. The molecule has 1 saturated heterocycles. The van der Waals surface area contributed by atoms with Crippen LogP contribution in [0.25, 0.3) is 0 Å². The normalized spacial score (nSPS) is 31.3. The van der Waals surface area contributed by atoms with Gasteiger partial charge in [-0.2, -0.15) is 0 Å². The van der Waals surface area contributed by atoms with E-state index in [0.29, 0.717) is 18.6 Å². The fourth-order valence-electron chi connectivity index (χ4n) is 3.19. The molecule has 2 unspecified atom stereocenters. The number of hydrogen-bond donors (Lipinski definition) is 1. The lowest BCUT2D eigenvalue weighted by atomic mass is 9.70. The van der Waals surface area contributed by atoms with Crippen molar-refractivity contribution in [2.45, 2.75) is 12.8 Å². The molecular formula is C14H16O5S. The van der Waals surface area contributed by atoms with Gasteiger partial charge in [-0.1, -0.05) is 18.2 Å². The molecular weight excluding hydrogens is 280 g/mol. The topological polar surface area (TPSA) is 80.7 Å². The molecule has 1 aromatic carbocycles. The fourth-order valence-corrected chi connectivity index (χ4v) is 5.10. The molecule has 0 aliphatic carbocycles. The predicted octanol–water partition coefficient (Wildman–Crippen LogP) is 1.13. The highest BCUT2D eigenvalue weighted by molar-refractivity contribution is 7.91. The molecule has 108 valence electrons. The summed E-state index contributed by atoms with van der Waals surface area (Å²) in [5.74, 6) is -0.614. The summed E-state index contributed by atoms with van der Waals surface area (Å²) in [4.78, 5) is 11.8. The summed E-state index contributed by atoms with van der Waals surface area (Å²) in [6.07, 6.45) is 0.735. The molecule has 1 fully saturated rings. The molecule has 0 aromatic heterocycles. The van der Waals surface area contributed by atoms with E-state index < -0.39 is 21.2 Å². The van der Waals surface area contributed by atoms with Gasteiger partial charge in [0.1, 0.15) is 17.8 Å². The second kappa shape index (κ2) is 4.48. The van der Waals surface area contributed by atoms with Crippen molar-refractivity contribution in [1.82, 2.24) is 0 Å². The van der Waals surface area contributed by atoms with Crippen LogP contribution in [-0.2, 0) is 21.1 Å². The highest BCUT2D eigenvalue weighted by atomic mass is 32.2. The highest BCUT2D eigenvalue weighted by Crippen LogP contribution is 2.44. The maximum Gasteiger partial charge on any atom is 0.313 e. The van der Waals surface area contributed by atoms with Crippen LogP contribution in [0.2, 0.25) is 0 Å². The maximum atomic E-state index is 11.8. The van der Waals surface area contributed by atoms with Gasteiger partial charge in [0, 0.05) is 0 Å². The number of sulfone groups is 1. The number of carboxylic acid groups (broad SMARTS) is 1. The molecule has 0 spiro atoms. The summed E-state index contributed by atoms with van der Waals surface area (Å²) in [6, 6.07) is 7.33. The molecule has 3 rings (SSSR count). The summed E-state index contributed by atoms with van der Waals surface area (Å²) in [5.41, 5.74) is -0.289. The van der Waals surface area contributed by atoms with Crippen molar-refractivity contribution in [1.29, 1.82) is 0 Å². The van der Waals surface area contributed by atoms with Crippen molar-refractivity contribution in [3.63, 3.8) is 0 Å². The third kappa shape index (κ3) is 2.08. The number of fused-ring (bicyclic) bond motifs is 1. The number of hydrogen-bond acceptors (Lipinski definition) is 4. The SMILES string of the molecule is O=C(O)C1(C2CCS(=O)(=O)C2)COc2ccccc2C1. The van der Waals surface area contributed by atoms with Crippen molar-refractivity contribution in [3.8, 4) is 5.75 Å². The largest absolute Gasteiger partial charge is 0.492 e. The predicted molar refractivity (Wildman–Crippen MR) is 72.5 cm³/mol. The lowest BCUT2D eigenvalue weighted by Crippen LogP contribution is -2.48. The van der Waals surface area contributed by atoms with Crippen LogP contribution < -0.4 is 4.74 Å². The number of para-hydroxylation sites is 1. The Labute approximate surface area is 117 Å². The number of carboxylic acids is 1. The summed E-state index contributed by atoms with van der Waals surface area (Å²) in [5, 5.41) is 9.67. The van der Waals surface area contributed by atoms with Crippen LogP contribution in [0.4, 0.5) is 0 Å². The van der Waals surface area contributed by atoms with Gasteiger partial charge in [0.15, 0.2) is 9.84 Å². The quantitative estimate of drug-likeness (QED) is 0.884. The zero-order chi connectivity index (χ0) is 14.4. The summed E-state index contributed by atoms with van der Waals surface area (Å²) >= 11 is 0. The van der Waals surface area contributed by atoms with E-state index in [1.54, 1.807) is 0 Å². The average Bonchev–Trinajstić information content (AvgIpc) is 2.78. The van der Waals surface area contributed by atoms with Gasteiger partial charge in [-0.3, -0.25) is 4.79 Å². The van der Waals surface area contributed by atoms with Gasteiger partial charge in [-0.15, -0.1) is 0 Å². The van der Waals surface area contributed by atoms with E-state index in [1.807, 2.05) is 24.3 Å². The average molecular weight is 296 g/mol.